The van der Waals surface area contributed by atoms with Crippen LogP contribution in [0, 0.1) is 0 Å². The lowest BCUT2D eigenvalue weighted by atomic mass is 10.2. The average molecular weight is 380 g/mol. The van der Waals surface area contributed by atoms with E-state index in [0.717, 1.165) is 30.6 Å². The number of methoxy groups -OCH3 is 2. The van der Waals surface area contributed by atoms with Crippen molar-refractivity contribution in [2.75, 3.05) is 20.8 Å². The SMILES string of the molecule is COC(=O)CCCCCN1C(=O)/C(=C/c2ccc(OC)cc2)SC1=S. The molecule has 1 aliphatic heterocycles. The lowest BCUT2D eigenvalue weighted by molar-refractivity contribution is -0.140. The minimum atomic E-state index is -0.201. The highest BCUT2D eigenvalue weighted by atomic mass is 32.2. The van der Waals surface area contributed by atoms with E-state index >= 15 is 0 Å². The fourth-order valence-electron chi connectivity index (χ4n) is 2.36. The van der Waals surface area contributed by atoms with Gasteiger partial charge in [-0.05, 0) is 36.6 Å². The molecule has 1 aliphatic rings. The fourth-order valence-corrected chi connectivity index (χ4v) is 3.67. The molecule has 0 atom stereocenters. The van der Waals surface area contributed by atoms with Crippen molar-refractivity contribution in [2.45, 2.75) is 25.7 Å². The standard InChI is InChI=1S/C18H21NO4S2/c1-22-14-9-7-13(8-10-14)12-15-17(21)19(18(24)25-15)11-5-3-4-6-16(20)23-2/h7-10,12H,3-6,11H2,1-2H3/b15-12-. The topological polar surface area (TPSA) is 55.8 Å². The highest BCUT2D eigenvalue weighted by molar-refractivity contribution is 8.26. The Balaban J connectivity index is 1.88. The summed E-state index contributed by atoms with van der Waals surface area (Å²) in [6.45, 7) is 0.575. The molecule has 25 heavy (non-hydrogen) atoms. The molecule has 7 heteroatoms. The van der Waals surface area contributed by atoms with Crippen molar-refractivity contribution in [3.8, 4) is 5.75 Å². The molecule has 1 fully saturated rings. The van der Waals surface area contributed by atoms with Gasteiger partial charge in [-0.15, -0.1) is 0 Å². The highest BCUT2D eigenvalue weighted by Crippen LogP contribution is 2.33. The van der Waals surface area contributed by atoms with E-state index in [2.05, 4.69) is 4.74 Å². The van der Waals surface area contributed by atoms with Crippen molar-refractivity contribution >= 4 is 46.3 Å². The third kappa shape index (κ3) is 5.57. The first-order chi connectivity index (χ1) is 12.0. The second-order valence-corrected chi connectivity index (χ2v) is 7.17. The molecule has 2 rings (SSSR count). The van der Waals surface area contributed by atoms with Crippen LogP contribution in [-0.2, 0) is 14.3 Å². The molecule has 0 spiro atoms. The Morgan fingerprint density at radius 2 is 1.92 bits per heavy atom. The number of hydrogen-bond donors (Lipinski definition) is 0. The summed E-state index contributed by atoms with van der Waals surface area (Å²) in [5.74, 6) is 0.517. The minimum absolute atomic E-state index is 0.0567. The monoisotopic (exact) mass is 379 g/mol. The van der Waals surface area contributed by atoms with Crippen LogP contribution in [0.1, 0.15) is 31.2 Å². The van der Waals surface area contributed by atoms with Crippen LogP contribution in [0.4, 0.5) is 0 Å². The van der Waals surface area contributed by atoms with Crippen molar-refractivity contribution in [2.24, 2.45) is 0 Å². The maximum atomic E-state index is 12.5. The highest BCUT2D eigenvalue weighted by Gasteiger charge is 2.31. The van der Waals surface area contributed by atoms with Gasteiger partial charge < -0.3 is 9.47 Å². The molecule has 134 valence electrons. The van der Waals surface area contributed by atoms with Crippen molar-refractivity contribution < 1.29 is 19.1 Å². The molecule has 1 heterocycles. The van der Waals surface area contributed by atoms with Crippen LogP contribution in [0.25, 0.3) is 6.08 Å². The molecule has 0 aliphatic carbocycles. The number of carbonyl (C=O) groups excluding carboxylic acids is 2. The third-order valence-electron chi connectivity index (χ3n) is 3.78. The summed E-state index contributed by atoms with van der Waals surface area (Å²) < 4.78 is 10.3. The second kappa shape index (κ2) is 9.58. The molecule has 0 N–H and O–H groups in total. The predicted molar refractivity (Wildman–Crippen MR) is 103 cm³/mol. The zero-order valence-electron chi connectivity index (χ0n) is 14.3. The number of nitrogens with zero attached hydrogens (tertiary/aromatic N) is 1. The van der Waals surface area contributed by atoms with Crippen molar-refractivity contribution in [3.63, 3.8) is 0 Å². The molecule has 1 saturated heterocycles. The first kappa shape index (κ1) is 19.5. The van der Waals surface area contributed by atoms with Gasteiger partial charge in [0.05, 0.1) is 19.1 Å². The van der Waals surface area contributed by atoms with Crippen LogP contribution in [0.2, 0.25) is 0 Å². The molecule has 5 nitrogen and oxygen atoms in total. The number of rotatable bonds is 8. The Bertz CT molecular complexity index is 670. The van der Waals surface area contributed by atoms with E-state index in [-0.39, 0.29) is 11.9 Å². The van der Waals surface area contributed by atoms with E-state index in [9.17, 15) is 9.59 Å². The number of benzene rings is 1. The largest absolute Gasteiger partial charge is 0.497 e. The van der Waals surface area contributed by atoms with Gasteiger partial charge in [0.1, 0.15) is 10.1 Å². The molecule has 1 amide bonds. The van der Waals surface area contributed by atoms with Gasteiger partial charge in [-0.3, -0.25) is 14.5 Å². The second-order valence-electron chi connectivity index (χ2n) is 5.49. The first-order valence-electron chi connectivity index (χ1n) is 8.01. The number of amides is 1. The third-order valence-corrected chi connectivity index (χ3v) is 5.16. The molecule has 0 saturated carbocycles. The average Bonchev–Trinajstić information content (AvgIpc) is 2.89. The normalized spacial score (nSPS) is 15.8. The first-order valence-corrected chi connectivity index (χ1v) is 9.24. The van der Waals surface area contributed by atoms with Crippen LogP contribution < -0.4 is 4.74 Å². The van der Waals surface area contributed by atoms with Gasteiger partial charge in [0, 0.05) is 13.0 Å². The fraction of sp³-hybridized carbons (Fsp3) is 0.389. The molecule has 0 bridgehead atoms. The van der Waals surface area contributed by atoms with Crippen LogP contribution in [0.3, 0.4) is 0 Å². The Morgan fingerprint density at radius 3 is 2.56 bits per heavy atom. The van der Waals surface area contributed by atoms with Crippen molar-refractivity contribution in [1.29, 1.82) is 0 Å². The van der Waals surface area contributed by atoms with Crippen LogP contribution in [0.15, 0.2) is 29.2 Å². The van der Waals surface area contributed by atoms with E-state index < -0.39 is 0 Å². The van der Waals surface area contributed by atoms with Gasteiger partial charge in [-0.2, -0.15) is 0 Å². The minimum Gasteiger partial charge on any atom is -0.497 e. The number of thiocarbonyl (C=S) groups is 1. The maximum Gasteiger partial charge on any atom is 0.305 e. The quantitative estimate of drug-likeness (QED) is 0.298. The summed E-state index contributed by atoms with van der Waals surface area (Å²) in [6.07, 6.45) is 4.66. The van der Waals surface area contributed by atoms with E-state index in [0.29, 0.717) is 22.2 Å². The lowest BCUT2D eigenvalue weighted by Gasteiger charge is -2.13. The Kier molecular flexibility index (Phi) is 7.46. The van der Waals surface area contributed by atoms with E-state index in [1.165, 1.54) is 18.9 Å². The number of hydrogen-bond acceptors (Lipinski definition) is 6. The van der Waals surface area contributed by atoms with Crippen LogP contribution in [-0.4, -0.2) is 41.9 Å². The summed E-state index contributed by atoms with van der Waals surface area (Å²) in [4.78, 5) is 25.8. The van der Waals surface area contributed by atoms with Gasteiger partial charge >= 0.3 is 5.97 Å². The van der Waals surface area contributed by atoms with Crippen molar-refractivity contribution in [3.05, 3.63) is 34.7 Å². The molecule has 0 unspecified atom stereocenters. The maximum absolute atomic E-state index is 12.5. The lowest BCUT2D eigenvalue weighted by Crippen LogP contribution is -2.29. The van der Waals surface area contributed by atoms with Gasteiger partial charge in [-0.1, -0.05) is 42.5 Å². The Hall–Kier alpha value is -1.86. The number of thioether (sulfide) groups is 1. The smallest absolute Gasteiger partial charge is 0.305 e. The molecule has 0 radical (unpaired) electrons. The van der Waals surface area contributed by atoms with Gasteiger partial charge in [0.15, 0.2) is 0 Å². The van der Waals surface area contributed by atoms with Gasteiger partial charge in [-0.25, -0.2) is 0 Å². The van der Waals surface area contributed by atoms with E-state index in [1.807, 2.05) is 30.3 Å². The summed E-state index contributed by atoms with van der Waals surface area (Å²) in [6, 6.07) is 7.51. The summed E-state index contributed by atoms with van der Waals surface area (Å²) in [5, 5.41) is 0. The predicted octanol–water partition coefficient (Wildman–Crippen LogP) is 3.63. The van der Waals surface area contributed by atoms with Gasteiger partial charge in [0.25, 0.3) is 5.91 Å². The summed E-state index contributed by atoms with van der Waals surface area (Å²) in [7, 11) is 3.00. The molecular weight excluding hydrogens is 358 g/mol. The zero-order chi connectivity index (χ0) is 18.2. The molecule has 0 aromatic heterocycles. The van der Waals surface area contributed by atoms with Crippen molar-refractivity contribution in [1.82, 2.24) is 4.90 Å². The summed E-state index contributed by atoms with van der Waals surface area (Å²) in [5.41, 5.74) is 0.930. The number of unbranched alkanes of at least 4 members (excludes halogenated alkanes) is 2. The summed E-state index contributed by atoms with van der Waals surface area (Å²) >= 11 is 6.64. The Morgan fingerprint density at radius 1 is 1.20 bits per heavy atom. The van der Waals surface area contributed by atoms with E-state index in [1.54, 1.807) is 12.0 Å². The zero-order valence-corrected chi connectivity index (χ0v) is 16.0. The number of carbonyl (C=O) groups is 2. The van der Waals surface area contributed by atoms with Crippen LogP contribution >= 0.6 is 24.0 Å². The molecular formula is C18H21NO4S2. The van der Waals surface area contributed by atoms with Crippen LogP contribution in [0.5, 0.6) is 5.75 Å². The number of esters is 1. The Labute approximate surface area is 157 Å². The van der Waals surface area contributed by atoms with Gasteiger partial charge in [0.2, 0.25) is 0 Å². The number of ether oxygens (including phenoxy) is 2. The van der Waals surface area contributed by atoms with E-state index in [4.69, 9.17) is 17.0 Å². The molecule has 1 aromatic carbocycles. The molecule has 1 aromatic rings.